The van der Waals surface area contributed by atoms with Gasteiger partial charge in [0.2, 0.25) is 5.88 Å². The van der Waals surface area contributed by atoms with Gasteiger partial charge >= 0.3 is 6.09 Å². The van der Waals surface area contributed by atoms with E-state index in [0.717, 1.165) is 17.5 Å². The average molecular weight is 513 g/mol. The number of sulfonamides is 1. The first-order valence-electron chi connectivity index (χ1n) is 11.5. The van der Waals surface area contributed by atoms with E-state index in [2.05, 4.69) is 21.8 Å². The lowest BCUT2D eigenvalue weighted by Crippen LogP contribution is -2.25. The zero-order valence-electron chi connectivity index (χ0n) is 19.9. The molecule has 2 fully saturated rings. The molecule has 1 aromatic carbocycles. The van der Waals surface area contributed by atoms with Gasteiger partial charge in [0, 0.05) is 34.5 Å². The number of hydrogen-bond donors (Lipinski definition) is 1. The number of ether oxygens (including phenoxy) is 3. The highest BCUT2D eigenvalue weighted by molar-refractivity contribution is 7.93. The van der Waals surface area contributed by atoms with Crippen molar-refractivity contribution in [1.29, 1.82) is 0 Å². The number of amides is 1. The lowest BCUT2D eigenvalue weighted by atomic mass is 9.78. The predicted octanol–water partition coefficient (Wildman–Crippen LogP) is 3.34. The molecule has 12 heteroatoms. The van der Waals surface area contributed by atoms with E-state index >= 15 is 0 Å². The fourth-order valence-corrected chi connectivity index (χ4v) is 6.68. The van der Waals surface area contributed by atoms with E-state index in [-0.39, 0.29) is 27.8 Å². The zero-order chi connectivity index (χ0) is 25.2. The normalized spacial score (nSPS) is 22.1. The molecule has 0 bridgehead atoms. The van der Waals surface area contributed by atoms with Crippen molar-refractivity contribution in [3.05, 3.63) is 41.6 Å². The summed E-state index contributed by atoms with van der Waals surface area (Å²) in [5, 5.41) is 4.11. The van der Waals surface area contributed by atoms with E-state index in [1.165, 1.54) is 26.5 Å². The van der Waals surface area contributed by atoms with Gasteiger partial charge in [-0.2, -0.15) is 0 Å². The van der Waals surface area contributed by atoms with Crippen LogP contribution in [0.5, 0.6) is 11.6 Å². The van der Waals surface area contributed by atoms with Gasteiger partial charge in [0.25, 0.3) is 10.0 Å². The molecule has 1 N–H and O–H groups in total. The van der Waals surface area contributed by atoms with E-state index in [0.29, 0.717) is 42.5 Å². The van der Waals surface area contributed by atoms with Crippen LogP contribution >= 0.6 is 0 Å². The third kappa shape index (κ3) is 3.24. The third-order valence-corrected chi connectivity index (χ3v) is 8.71. The van der Waals surface area contributed by atoms with Crippen LogP contribution in [0.15, 0.2) is 39.9 Å². The summed E-state index contributed by atoms with van der Waals surface area (Å²) in [5.41, 5.74) is 3.11. The van der Waals surface area contributed by atoms with E-state index in [9.17, 15) is 13.2 Å². The minimum absolute atomic E-state index is 0.0893. The molecule has 3 aliphatic rings. The van der Waals surface area contributed by atoms with E-state index in [1.807, 2.05) is 18.2 Å². The lowest BCUT2D eigenvalue weighted by molar-refractivity contribution is 0.181. The van der Waals surface area contributed by atoms with Gasteiger partial charge in [0.1, 0.15) is 12.4 Å². The highest BCUT2D eigenvalue weighted by Crippen LogP contribution is 2.62. The van der Waals surface area contributed by atoms with Crippen LogP contribution in [0.2, 0.25) is 0 Å². The molecule has 3 aromatic rings. The SMILES string of the molecule is COc1ccnc(OC)c1S(=O)(=O)Nc1noc2c1C[C@]1(C[C@H]1C)c1ccc(N3CCOC3=O)cc1-2. The van der Waals surface area contributed by atoms with Gasteiger partial charge in [-0.1, -0.05) is 18.1 Å². The highest BCUT2D eigenvalue weighted by Gasteiger charge is 2.56. The number of benzene rings is 1. The average Bonchev–Trinajstić information content (AvgIpc) is 3.16. The van der Waals surface area contributed by atoms with Gasteiger partial charge in [-0.25, -0.2) is 18.2 Å². The topological polar surface area (TPSA) is 133 Å². The van der Waals surface area contributed by atoms with Crippen LogP contribution in [0.1, 0.15) is 24.5 Å². The zero-order valence-corrected chi connectivity index (χ0v) is 20.7. The van der Waals surface area contributed by atoms with Crippen LogP contribution in [0.25, 0.3) is 11.3 Å². The quantitative estimate of drug-likeness (QED) is 0.528. The number of aromatic nitrogens is 2. The van der Waals surface area contributed by atoms with Crippen LogP contribution in [0, 0.1) is 5.92 Å². The number of nitrogens with zero attached hydrogens (tertiary/aromatic N) is 3. The van der Waals surface area contributed by atoms with Crippen molar-refractivity contribution in [2.75, 3.05) is 37.0 Å². The molecule has 0 unspecified atom stereocenters. The molecule has 36 heavy (non-hydrogen) atoms. The summed E-state index contributed by atoms with van der Waals surface area (Å²) in [7, 11) is -1.49. The second kappa shape index (κ2) is 7.85. The Labute approximate surface area is 207 Å². The van der Waals surface area contributed by atoms with Gasteiger partial charge in [-0.05, 0) is 36.5 Å². The number of pyridine rings is 1. The molecule has 1 aliphatic heterocycles. The van der Waals surface area contributed by atoms with Gasteiger partial charge in [0.15, 0.2) is 16.5 Å². The monoisotopic (exact) mass is 512 g/mol. The van der Waals surface area contributed by atoms with Crippen molar-refractivity contribution in [3.8, 4) is 23.0 Å². The second-order valence-electron chi connectivity index (χ2n) is 9.23. The molecule has 2 atom stereocenters. The standard InChI is InChI=1S/C24H24N4O7S/c1-13-11-24(13)12-16-19(15-10-14(4-5-17(15)24)28-8-9-34-23(28)29)35-26-21(16)27-36(30,31)20-18(32-2)6-7-25-22(20)33-3/h4-7,10,13H,8-9,11-12H2,1-3H3,(H,26,27)/t13-,24+/m1/s1. The van der Waals surface area contributed by atoms with Crippen molar-refractivity contribution in [3.63, 3.8) is 0 Å². The summed E-state index contributed by atoms with van der Waals surface area (Å²) < 4.78 is 50.7. The fourth-order valence-electron chi connectivity index (χ4n) is 5.38. The minimum atomic E-state index is -4.19. The summed E-state index contributed by atoms with van der Waals surface area (Å²) >= 11 is 0. The summed E-state index contributed by atoms with van der Waals surface area (Å²) in [6.45, 7) is 2.96. The Balaban J connectivity index is 1.44. The maximum Gasteiger partial charge on any atom is 0.414 e. The number of hydrogen-bond acceptors (Lipinski definition) is 9. The van der Waals surface area contributed by atoms with Gasteiger partial charge in [0.05, 0.1) is 20.8 Å². The van der Waals surface area contributed by atoms with E-state index < -0.39 is 16.1 Å². The van der Waals surface area contributed by atoms with Crippen molar-refractivity contribution >= 4 is 27.6 Å². The van der Waals surface area contributed by atoms with Gasteiger partial charge in [-0.15, -0.1) is 0 Å². The second-order valence-corrected chi connectivity index (χ2v) is 10.8. The Morgan fingerprint density at radius 1 is 1.22 bits per heavy atom. The maximum absolute atomic E-state index is 13.4. The fraction of sp³-hybridized carbons (Fsp3) is 0.375. The number of carbonyl (C=O) groups is 1. The number of methoxy groups -OCH3 is 2. The third-order valence-electron chi connectivity index (χ3n) is 7.34. The number of cyclic esters (lactones) is 1. The molecule has 1 spiro atoms. The Kier molecular flexibility index (Phi) is 4.94. The molecule has 0 radical (unpaired) electrons. The van der Waals surface area contributed by atoms with Crippen molar-refractivity contribution in [1.82, 2.24) is 10.1 Å². The van der Waals surface area contributed by atoms with Crippen LogP contribution in [0.3, 0.4) is 0 Å². The first-order valence-corrected chi connectivity index (χ1v) is 12.9. The van der Waals surface area contributed by atoms with Crippen molar-refractivity contribution < 1.29 is 31.9 Å². The smallest absolute Gasteiger partial charge is 0.414 e. The molecular weight excluding hydrogens is 488 g/mol. The Morgan fingerprint density at radius 2 is 2.03 bits per heavy atom. The first-order chi connectivity index (χ1) is 17.3. The Hall–Kier alpha value is -3.80. The van der Waals surface area contributed by atoms with Crippen LogP contribution in [0.4, 0.5) is 16.3 Å². The maximum atomic E-state index is 13.4. The van der Waals surface area contributed by atoms with Crippen LogP contribution in [-0.2, 0) is 26.6 Å². The molecule has 11 nitrogen and oxygen atoms in total. The minimum Gasteiger partial charge on any atom is -0.495 e. The first kappa shape index (κ1) is 22.7. The molecule has 2 aliphatic carbocycles. The Bertz CT molecular complexity index is 1480. The Morgan fingerprint density at radius 3 is 2.69 bits per heavy atom. The number of fused-ring (bicyclic) bond motifs is 4. The molecule has 1 amide bonds. The largest absolute Gasteiger partial charge is 0.495 e. The molecule has 6 rings (SSSR count). The molecule has 2 aromatic heterocycles. The number of anilines is 2. The highest BCUT2D eigenvalue weighted by atomic mass is 32.2. The van der Waals surface area contributed by atoms with E-state index in [4.69, 9.17) is 18.7 Å². The molecule has 3 heterocycles. The summed E-state index contributed by atoms with van der Waals surface area (Å²) in [6.07, 6.45) is 2.53. The molecule has 1 saturated carbocycles. The molecule has 1 saturated heterocycles. The van der Waals surface area contributed by atoms with Crippen LogP contribution < -0.4 is 19.1 Å². The van der Waals surface area contributed by atoms with E-state index in [1.54, 1.807) is 4.90 Å². The van der Waals surface area contributed by atoms with Crippen LogP contribution in [-0.4, -0.2) is 52.0 Å². The number of nitrogens with one attached hydrogen (secondary N) is 1. The number of carbonyl (C=O) groups excluding carboxylic acids is 1. The predicted molar refractivity (Wildman–Crippen MR) is 128 cm³/mol. The lowest BCUT2D eigenvalue weighted by Gasteiger charge is -2.27. The summed E-state index contributed by atoms with van der Waals surface area (Å²) in [6, 6.07) is 7.28. The molecular formula is C24H24N4O7S. The van der Waals surface area contributed by atoms with Crippen molar-refractivity contribution in [2.45, 2.75) is 30.1 Å². The number of rotatable bonds is 6. The summed E-state index contributed by atoms with van der Waals surface area (Å²) in [5.74, 6) is 0.968. The van der Waals surface area contributed by atoms with Gasteiger partial charge in [-0.3, -0.25) is 9.62 Å². The van der Waals surface area contributed by atoms with Crippen molar-refractivity contribution in [2.24, 2.45) is 5.92 Å². The summed E-state index contributed by atoms with van der Waals surface area (Å²) in [4.78, 5) is 17.5. The van der Waals surface area contributed by atoms with Gasteiger partial charge < -0.3 is 18.7 Å². The molecule has 188 valence electrons.